The number of ether oxygens (including phenoxy) is 1. The summed E-state index contributed by atoms with van der Waals surface area (Å²) in [5.74, 6) is -1.38. The van der Waals surface area contributed by atoms with Crippen LogP contribution in [0, 0.1) is 11.6 Å². The van der Waals surface area contributed by atoms with Crippen molar-refractivity contribution in [2.45, 2.75) is 55.1 Å². The third-order valence-corrected chi connectivity index (χ3v) is 11.1. The van der Waals surface area contributed by atoms with Crippen LogP contribution >= 0.6 is 11.6 Å². The van der Waals surface area contributed by atoms with Crippen molar-refractivity contribution in [3.63, 3.8) is 0 Å². The van der Waals surface area contributed by atoms with Crippen LogP contribution in [-0.2, 0) is 27.7 Å². The van der Waals surface area contributed by atoms with E-state index in [1.807, 2.05) is 6.92 Å². The van der Waals surface area contributed by atoms with Crippen molar-refractivity contribution in [3.05, 3.63) is 124 Å². The fourth-order valence-electron chi connectivity index (χ4n) is 6.21. The number of halogens is 3. The van der Waals surface area contributed by atoms with Gasteiger partial charge in [0.25, 0.3) is 0 Å². The normalized spacial score (nSPS) is 18.2. The fourth-order valence-corrected chi connectivity index (χ4v) is 8.18. The Labute approximate surface area is 285 Å². The second kappa shape index (κ2) is 15.6. The minimum absolute atomic E-state index is 0.144. The maximum absolute atomic E-state index is 15.4. The zero-order valence-electron chi connectivity index (χ0n) is 26.7. The van der Waals surface area contributed by atoms with Crippen LogP contribution in [0.1, 0.15) is 36.0 Å². The van der Waals surface area contributed by atoms with Crippen LogP contribution in [0.2, 0.25) is 5.02 Å². The lowest BCUT2D eigenvalue weighted by Crippen LogP contribution is -2.58. The molecule has 0 spiro atoms. The van der Waals surface area contributed by atoms with Gasteiger partial charge < -0.3 is 21.1 Å². The lowest BCUT2D eigenvalue weighted by molar-refractivity contribution is -0.117. The largest absolute Gasteiger partial charge is 0.497 e. The summed E-state index contributed by atoms with van der Waals surface area (Å²) in [5.41, 5.74) is 8.65. The van der Waals surface area contributed by atoms with Gasteiger partial charge >= 0.3 is 0 Å². The topological polar surface area (TPSA) is 114 Å². The molecule has 1 amide bonds. The van der Waals surface area contributed by atoms with Crippen molar-refractivity contribution in [2.24, 2.45) is 5.73 Å². The van der Waals surface area contributed by atoms with E-state index >= 15 is 4.39 Å². The number of hydrogen-bond acceptors (Lipinski definition) is 6. The van der Waals surface area contributed by atoms with E-state index in [1.54, 1.807) is 54.6 Å². The number of nitrogens with one attached hydrogen (secondary N) is 2. The van der Waals surface area contributed by atoms with Gasteiger partial charge in [0, 0.05) is 47.4 Å². The number of sulfonamides is 1. The highest BCUT2D eigenvalue weighted by Crippen LogP contribution is 2.30. The van der Waals surface area contributed by atoms with E-state index in [-0.39, 0.29) is 34.4 Å². The van der Waals surface area contributed by atoms with Gasteiger partial charge in [0.05, 0.1) is 18.0 Å². The van der Waals surface area contributed by atoms with Crippen LogP contribution in [0.15, 0.2) is 95.9 Å². The third-order valence-electron chi connectivity index (χ3n) is 8.76. The van der Waals surface area contributed by atoms with Gasteiger partial charge in [-0.1, -0.05) is 41.9 Å². The van der Waals surface area contributed by atoms with Crippen LogP contribution in [0.25, 0.3) is 0 Å². The number of piperazine rings is 1. The Kier molecular flexibility index (Phi) is 11.5. The summed E-state index contributed by atoms with van der Waals surface area (Å²) in [4.78, 5) is 13.8. The van der Waals surface area contributed by atoms with Gasteiger partial charge in [-0.15, -0.1) is 0 Å². The molecule has 5 rings (SSSR count). The number of anilines is 1. The molecule has 48 heavy (non-hydrogen) atoms. The van der Waals surface area contributed by atoms with Crippen LogP contribution in [0.4, 0.5) is 14.5 Å². The second-order valence-corrected chi connectivity index (χ2v) is 14.3. The molecule has 4 N–H and O–H groups in total. The number of nitrogens with two attached hydrogens (primary N) is 1. The summed E-state index contributed by atoms with van der Waals surface area (Å²) in [6.45, 7) is 2.68. The average molecular weight is 697 g/mol. The molecule has 4 aromatic carbocycles. The Morgan fingerprint density at radius 2 is 1.71 bits per heavy atom. The molecule has 2 unspecified atom stereocenters. The molecule has 8 nitrogen and oxygen atoms in total. The zero-order valence-corrected chi connectivity index (χ0v) is 28.3. The first-order valence-electron chi connectivity index (χ1n) is 15.7. The molecule has 0 bridgehead atoms. The lowest BCUT2D eigenvalue weighted by Gasteiger charge is -2.40. The zero-order chi connectivity index (χ0) is 34.4. The van der Waals surface area contributed by atoms with Gasteiger partial charge in [-0.2, -0.15) is 4.31 Å². The summed E-state index contributed by atoms with van der Waals surface area (Å²) in [6.07, 6.45) is 0.792. The molecule has 4 aromatic rings. The predicted octanol–water partition coefficient (Wildman–Crippen LogP) is 5.90. The van der Waals surface area contributed by atoms with E-state index in [0.717, 1.165) is 11.1 Å². The molecular formula is C36H39ClF2N4O4S. The van der Waals surface area contributed by atoms with E-state index in [2.05, 4.69) is 10.6 Å². The summed E-state index contributed by atoms with van der Waals surface area (Å²) >= 11 is 6.11. The van der Waals surface area contributed by atoms with Gasteiger partial charge in [-0.05, 0) is 98.0 Å². The predicted molar refractivity (Wildman–Crippen MR) is 184 cm³/mol. The summed E-state index contributed by atoms with van der Waals surface area (Å²) in [7, 11) is -2.37. The first kappa shape index (κ1) is 35.4. The van der Waals surface area contributed by atoms with Crippen molar-refractivity contribution < 1.29 is 26.7 Å². The molecule has 0 aromatic heterocycles. The lowest BCUT2D eigenvalue weighted by atomic mass is 9.85. The number of benzene rings is 4. The van der Waals surface area contributed by atoms with Crippen LogP contribution in [0.5, 0.6) is 5.75 Å². The Balaban J connectivity index is 1.35. The van der Waals surface area contributed by atoms with Crippen molar-refractivity contribution in [1.29, 1.82) is 0 Å². The van der Waals surface area contributed by atoms with Gasteiger partial charge in [0.2, 0.25) is 15.9 Å². The number of nitrogens with zero attached hydrogens (tertiary/aromatic N) is 1. The summed E-state index contributed by atoms with van der Waals surface area (Å²) in [5, 5.41) is 6.65. The first-order valence-corrected chi connectivity index (χ1v) is 17.5. The van der Waals surface area contributed by atoms with E-state index in [9.17, 15) is 17.6 Å². The maximum Gasteiger partial charge on any atom is 0.243 e. The molecule has 4 atom stereocenters. The molecule has 0 saturated carbocycles. The van der Waals surface area contributed by atoms with E-state index in [1.165, 1.54) is 47.8 Å². The molecule has 1 heterocycles. The minimum atomic E-state index is -3.88. The van der Waals surface area contributed by atoms with Crippen molar-refractivity contribution >= 4 is 33.2 Å². The molecular weight excluding hydrogens is 658 g/mol. The molecule has 0 radical (unpaired) electrons. The van der Waals surface area contributed by atoms with Gasteiger partial charge in [-0.25, -0.2) is 17.2 Å². The Bertz CT molecular complexity index is 1810. The first-order chi connectivity index (χ1) is 23.0. The van der Waals surface area contributed by atoms with Crippen LogP contribution in [0.3, 0.4) is 0 Å². The number of amides is 1. The number of rotatable bonds is 12. The Morgan fingerprint density at radius 1 is 1.02 bits per heavy atom. The van der Waals surface area contributed by atoms with E-state index < -0.39 is 39.7 Å². The molecule has 1 fully saturated rings. The Hall–Kier alpha value is -3.87. The summed E-state index contributed by atoms with van der Waals surface area (Å²) in [6, 6.07) is 21.8. The average Bonchev–Trinajstić information content (AvgIpc) is 3.08. The second-order valence-electron chi connectivity index (χ2n) is 12.0. The number of hydrogen-bond donors (Lipinski definition) is 3. The monoisotopic (exact) mass is 696 g/mol. The van der Waals surface area contributed by atoms with E-state index in [0.29, 0.717) is 36.7 Å². The van der Waals surface area contributed by atoms with Crippen LogP contribution in [-0.4, -0.2) is 57.0 Å². The maximum atomic E-state index is 15.4. The van der Waals surface area contributed by atoms with Gasteiger partial charge in [0.15, 0.2) is 0 Å². The number of methoxy groups -OCH3 is 1. The highest BCUT2D eigenvalue weighted by molar-refractivity contribution is 7.89. The molecule has 1 saturated heterocycles. The fraction of sp³-hybridized carbons (Fsp3) is 0.306. The SMILES string of the molecule is COc1ccc(S(=O)(=O)N2[C@@H](CCc3c(F)cccc3NC(=O)C(N)C(Cc3ccc(F)cc3)c3ccc(Cl)cc3)CNC[C@@H]2C)cc1. The quantitative estimate of drug-likeness (QED) is 0.170. The Morgan fingerprint density at radius 3 is 2.38 bits per heavy atom. The van der Waals surface area contributed by atoms with Gasteiger partial charge in [0.1, 0.15) is 17.4 Å². The van der Waals surface area contributed by atoms with Gasteiger partial charge in [-0.3, -0.25) is 4.79 Å². The smallest absolute Gasteiger partial charge is 0.243 e. The molecule has 12 heteroatoms. The van der Waals surface area contributed by atoms with Crippen molar-refractivity contribution in [1.82, 2.24) is 9.62 Å². The molecule has 254 valence electrons. The molecule has 0 aliphatic carbocycles. The van der Waals surface area contributed by atoms with Crippen molar-refractivity contribution in [3.8, 4) is 5.75 Å². The van der Waals surface area contributed by atoms with Crippen LogP contribution < -0.4 is 21.1 Å². The van der Waals surface area contributed by atoms with E-state index in [4.69, 9.17) is 22.1 Å². The highest BCUT2D eigenvalue weighted by Gasteiger charge is 2.38. The number of carbonyl (C=O) groups excluding carboxylic acids is 1. The highest BCUT2D eigenvalue weighted by atomic mass is 35.5. The number of carbonyl (C=O) groups is 1. The third kappa shape index (κ3) is 8.22. The minimum Gasteiger partial charge on any atom is -0.497 e. The molecule has 1 aliphatic rings. The molecule has 1 aliphatic heterocycles. The van der Waals surface area contributed by atoms with Crippen molar-refractivity contribution in [2.75, 3.05) is 25.5 Å². The standard InChI is InChI=1S/C36H39ClF2N4O4S/c1-23-21-41-22-28(43(23)48(45,46)30-17-15-29(47-2)16-18-30)14-19-31-33(39)4-3-5-34(31)42-36(44)35(40)32(25-8-10-26(37)11-9-25)20-24-6-12-27(38)13-7-24/h3-13,15-18,23,28,32,35,41H,14,19-22,40H2,1-2H3,(H,42,44)/t23-,28-,32?,35?/m0/s1. The summed E-state index contributed by atoms with van der Waals surface area (Å²) < 4.78 is 63.3.